The Labute approximate surface area is 153 Å². The molecule has 3 heterocycles. The van der Waals surface area contributed by atoms with Crippen LogP contribution in [0.2, 0.25) is 0 Å². The Bertz CT molecular complexity index is 844. The van der Waals surface area contributed by atoms with Gasteiger partial charge < -0.3 is 14.3 Å². The molecule has 1 saturated heterocycles. The third-order valence-corrected chi connectivity index (χ3v) is 4.89. The highest BCUT2D eigenvalue weighted by Gasteiger charge is 2.24. The molecule has 4 rings (SSSR count). The second-order valence-electron chi connectivity index (χ2n) is 6.94. The highest BCUT2D eigenvalue weighted by molar-refractivity contribution is 5.55. The van der Waals surface area contributed by atoms with Crippen LogP contribution in [0.3, 0.4) is 0 Å². The summed E-state index contributed by atoms with van der Waals surface area (Å²) in [4.78, 5) is 13.7. The minimum Gasteiger partial charge on any atom is -0.355 e. The van der Waals surface area contributed by atoms with E-state index in [0.29, 0.717) is 24.2 Å². The number of anilines is 1. The molecule has 0 spiro atoms. The Balaban J connectivity index is 1.44. The van der Waals surface area contributed by atoms with Crippen molar-refractivity contribution >= 4 is 5.82 Å². The van der Waals surface area contributed by atoms with E-state index in [1.165, 1.54) is 6.42 Å². The molecule has 0 N–H and O–H groups in total. The maximum absolute atomic E-state index is 5.42. The molecule has 1 atom stereocenters. The summed E-state index contributed by atoms with van der Waals surface area (Å²) in [5.41, 5.74) is 2.02. The fourth-order valence-electron chi connectivity index (χ4n) is 3.29. The first-order chi connectivity index (χ1) is 12.7. The van der Waals surface area contributed by atoms with Crippen molar-refractivity contribution in [2.24, 2.45) is 0 Å². The van der Waals surface area contributed by atoms with Crippen molar-refractivity contribution in [3.05, 3.63) is 60.0 Å². The molecular formula is C20H23N5O. The first kappa shape index (κ1) is 16.7. The van der Waals surface area contributed by atoms with Gasteiger partial charge in [-0.3, -0.25) is 0 Å². The average molecular weight is 349 g/mol. The smallest absolute Gasteiger partial charge is 0.259 e. The SMILES string of the molecule is CN(C)[C@H]1CCN(c2ccc(-c3nc(Cc4ccccc4)no3)cn2)C1. The van der Waals surface area contributed by atoms with E-state index in [-0.39, 0.29) is 0 Å². The van der Waals surface area contributed by atoms with Gasteiger partial charge in [0.2, 0.25) is 0 Å². The molecular weight excluding hydrogens is 326 g/mol. The largest absolute Gasteiger partial charge is 0.355 e. The summed E-state index contributed by atoms with van der Waals surface area (Å²) in [7, 11) is 4.26. The molecule has 1 aliphatic rings. The summed E-state index contributed by atoms with van der Waals surface area (Å²) in [5, 5.41) is 4.09. The second-order valence-corrected chi connectivity index (χ2v) is 6.94. The molecule has 0 saturated carbocycles. The summed E-state index contributed by atoms with van der Waals surface area (Å²) in [6.07, 6.45) is 3.65. The topological polar surface area (TPSA) is 58.3 Å². The molecule has 26 heavy (non-hydrogen) atoms. The minimum absolute atomic E-state index is 0.516. The third-order valence-electron chi connectivity index (χ3n) is 4.89. The van der Waals surface area contributed by atoms with Gasteiger partial charge in [-0.05, 0) is 38.2 Å². The molecule has 6 heteroatoms. The standard InChI is InChI=1S/C20H23N5O/c1-24(2)17-10-11-25(14-17)19-9-8-16(13-21-19)20-22-18(23-26-20)12-15-6-4-3-5-7-15/h3-9,13,17H,10-12,14H2,1-2H3/t17-/m0/s1. The van der Waals surface area contributed by atoms with E-state index in [0.717, 1.165) is 30.0 Å². The van der Waals surface area contributed by atoms with Crippen molar-refractivity contribution in [1.82, 2.24) is 20.0 Å². The summed E-state index contributed by atoms with van der Waals surface area (Å²) in [6.45, 7) is 2.05. The Kier molecular flexibility index (Phi) is 4.67. The highest BCUT2D eigenvalue weighted by atomic mass is 16.5. The molecule has 1 aliphatic heterocycles. The lowest BCUT2D eigenvalue weighted by Gasteiger charge is -2.21. The first-order valence-corrected chi connectivity index (χ1v) is 8.93. The fourth-order valence-corrected chi connectivity index (χ4v) is 3.29. The van der Waals surface area contributed by atoms with E-state index in [9.17, 15) is 0 Å². The van der Waals surface area contributed by atoms with Crippen LogP contribution in [0.5, 0.6) is 0 Å². The zero-order valence-electron chi connectivity index (χ0n) is 15.2. The molecule has 0 aliphatic carbocycles. The van der Waals surface area contributed by atoms with Crippen LogP contribution in [0.25, 0.3) is 11.5 Å². The Morgan fingerprint density at radius 2 is 2.00 bits per heavy atom. The normalized spacial score (nSPS) is 17.2. The van der Waals surface area contributed by atoms with Gasteiger partial charge in [-0.15, -0.1) is 0 Å². The van der Waals surface area contributed by atoms with Crippen molar-refractivity contribution < 1.29 is 4.52 Å². The Hall–Kier alpha value is -2.73. The van der Waals surface area contributed by atoms with E-state index in [1.807, 2.05) is 36.5 Å². The van der Waals surface area contributed by atoms with Crippen molar-refractivity contribution in [3.63, 3.8) is 0 Å². The van der Waals surface area contributed by atoms with Gasteiger partial charge in [0.05, 0.1) is 5.56 Å². The third kappa shape index (κ3) is 3.60. The predicted molar refractivity (Wildman–Crippen MR) is 101 cm³/mol. The fraction of sp³-hybridized carbons (Fsp3) is 0.350. The number of nitrogens with zero attached hydrogens (tertiary/aromatic N) is 5. The predicted octanol–water partition coefficient (Wildman–Crippen LogP) is 2.86. The quantitative estimate of drug-likeness (QED) is 0.706. The lowest BCUT2D eigenvalue weighted by molar-refractivity contribution is 0.315. The van der Waals surface area contributed by atoms with Gasteiger partial charge in [-0.25, -0.2) is 4.98 Å². The van der Waals surface area contributed by atoms with E-state index in [1.54, 1.807) is 0 Å². The zero-order chi connectivity index (χ0) is 17.9. The van der Waals surface area contributed by atoms with E-state index in [2.05, 4.69) is 51.2 Å². The number of hydrogen-bond acceptors (Lipinski definition) is 6. The number of aromatic nitrogens is 3. The van der Waals surface area contributed by atoms with Crippen LogP contribution in [0.4, 0.5) is 5.82 Å². The van der Waals surface area contributed by atoms with Crippen LogP contribution in [-0.4, -0.2) is 53.3 Å². The minimum atomic E-state index is 0.516. The molecule has 1 fully saturated rings. The Morgan fingerprint density at radius 3 is 2.69 bits per heavy atom. The summed E-state index contributed by atoms with van der Waals surface area (Å²) in [5.74, 6) is 2.20. The molecule has 2 aromatic heterocycles. The number of likely N-dealkylation sites (N-methyl/N-ethyl adjacent to an activating group) is 1. The van der Waals surface area contributed by atoms with E-state index in [4.69, 9.17) is 4.52 Å². The molecule has 1 aromatic carbocycles. The number of pyridine rings is 1. The van der Waals surface area contributed by atoms with Gasteiger partial charge in [0.25, 0.3) is 5.89 Å². The highest BCUT2D eigenvalue weighted by Crippen LogP contribution is 2.23. The van der Waals surface area contributed by atoms with Crippen LogP contribution in [0.1, 0.15) is 17.8 Å². The van der Waals surface area contributed by atoms with E-state index >= 15 is 0 Å². The van der Waals surface area contributed by atoms with Crippen molar-refractivity contribution in [3.8, 4) is 11.5 Å². The van der Waals surface area contributed by atoms with Crippen LogP contribution in [0.15, 0.2) is 53.2 Å². The maximum Gasteiger partial charge on any atom is 0.259 e. The van der Waals surface area contributed by atoms with Crippen molar-refractivity contribution in [1.29, 1.82) is 0 Å². The first-order valence-electron chi connectivity index (χ1n) is 8.93. The van der Waals surface area contributed by atoms with Crippen LogP contribution < -0.4 is 4.90 Å². The van der Waals surface area contributed by atoms with Gasteiger partial charge in [0, 0.05) is 31.7 Å². The zero-order valence-corrected chi connectivity index (χ0v) is 15.2. The lowest BCUT2D eigenvalue weighted by atomic mass is 10.1. The summed E-state index contributed by atoms with van der Waals surface area (Å²) < 4.78 is 5.42. The molecule has 134 valence electrons. The number of rotatable bonds is 5. The van der Waals surface area contributed by atoms with Gasteiger partial charge >= 0.3 is 0 Å². The maximum atomic E-state index is 5.42. The molecule has 0 unspecified atom stereocenters. The van der Waals surface area contributed by atoms with Gasteiger partial charge in [-0.1, -0.05) is 35.5 Å². The van der Waals surface area contributed by atoms with Crippen molar-refractivity contribution in [2.75, 3.05) is 32.1 Å². The van der Waals surface area contributed by atoms with Crippen molar-refractivity contribution in [2.45, 2.75) is 18.9 Å². The lowest BCUT2D eigenvalue weighted by Crippen LogP contribution is -2.31. The average Bonchev–Trinajstić information content (AvgIpc) is 3.32. The number of benzene rings is 1. The second kappa shape index (κ2) is 7.25. The monoisotopic (exact) mass is 349 g/mol. The number of hydrogen-bond donors (Lipinski definition) is 0. The van der Waals surface area contributed by atoms with Crippen LogP contribution in [-0.2, 0) is 6.42 Å². The van der Waals surface area contributed by atoms with Gasteiger partial charge in [0.15, 0.2) is 5.82 Å². The van der Waals surface area contributed by atoms with Crippen LogP contribution in [0, 0.1) is 0 Å². The summed E-state index contributed by atoms with van der Waals surface area (Å²) >= 11 is 0. The summed E-state index contributed by atoms with van der Waals surface area (Å²) in [6, 6.07) is 14.8. The van der Waals surface area contributed by atoms with Gasteiger partial charge in [-0.2, -0.15) is 4.98 Å². The van der Waals surface area contributed by atoms with E-state index < -0.39 is 0 Å². The molecule has 0 amide bonds. The van der Waals surface area contributed by atoms with Crippen LogP contribution >= 0.6 is 0 Å². The molecule has 0 bridgehead atoms. The Morgan fingerprint density at radius 1 is 1.15 bits per heavy atom. The van der Waals surface area contributed by atoms with Gasteiger partial charge in [0.1, 0.15) is 5.82 Å². The molecule has 6 nitrogen and oxygen atoms in total. The molecule has 3 aromatic rings. The molecule has 0 radical (unpaired) electrons.